The lowest BCUT2D eigenvalue weighted by atomic mass is 9.86. The Morgan fingerprint density at radius 1 is 1.17 bits per heavy atom. The van der Waals surface area contributed by atoms with Gasteiger partial charge in [-0.3, -0.25) is 0 Å². The smallest absolute Gasteiger partial charge is 0.0517 e. The lowest BCUT2D eigenvalue weighted by Gasteiger charge is -2.28. The van der Waals surface area contributed by atoms with Crippen molar-refractivity contribution in [3.8, 4) is 0 Å². The zero-order valence-corrected chi connectivity index (χ0v) is 12.3. The maximum Gasteiger partial charge on any atom is 0.0517 e. The highest BCUT2D eigenvalue weighted by Crippen LogP contribution is 2.23. The van der Waals surface area contributed by atoms with E-state index in [2.05, 4.69) is 57.3 Å². The molecule has 2 N–H and O–H groups in total. The zero-order chi connectivity index (χ0) is 13.8. The molecule has 2 nitrogen and oxygen atoms in total. The van der Waals surface area contributed by atoms with E-state index in [1.165, 1.54) is 11.1 Å². The summed E-state index contributed by atoms with van der Waals surface area (Å²) in [5.74, 6) is 0. The van der Waals surface area contributed by atoms with Crippen molar-refractivity contribution in [2.45, 2.75) is 53.2 Å². The van der Waals surface area contributed by atoms with E-state index in [9.17, 15) is 5.11 Å². The Bertz CT molecular complexity index is 354. The standard InChI is InChI=1S/C16H27NO/c1-12-6-8-15(9-7-12)14(3)17-11-16(4,5)10-13(2)18/h6-9,13-14,17-18H,10-11H2,1-5H3. The second-order valence-corrected chi connectivity index (χ2v) is 6.23. The summed E-state index contributed by atoms with van der Waals surface area (Å²) in [4.78, 5) is 0. The van der Waals surface area contributed by atoms with Crippen molar-refractivity contribution in [2.24, 2.45) is 5.41 Å². The monoisotopic (exact) mass is 249 g/mol. The number of hydrogen-bond donors (Lipinski definition) is 2. The number of aliphatic hydroxyl groups is 1. The molecule has 18 heavy (non-hydrogen) atoms. The molecule has 102 valence electrons. The van der Waals surface area contributed by atoms with Crippen molar-refractivity contribution in [3.05, 3.63) is 35.4 Å². The van der Waals surface area contributed by atoms with Crippen LogP contribution in [0.1, 0.15) is 51.3 Å². The summed E-state index contributed by atoms with van der Waals surface area (Å²) in [5.41, 5.74) is 2.72. The Morgan fingerprint density at radius 2 is 1.72 bits per heavy atom. The Hall–Kier alpha value is -0.860. The number of nitrogens with one attached hydrogen (secondary N) is 1. The van der Waals surface area contributed by atoms with Crippen molar-refractivity contribution in [1.29, 1.82) is 0 Å². The largest absolute Gasteiger partial charge is 0.393 e. The number of hydrogen-bond acceptors (Lipinski definition) is 2. The number of rotatable bonds is 6. The quantitative estimate of drug-likeness (QED) is 0.809. The molecule has 2 atom stereocenters. The van der Waals surface area contributed by atoms with E-state index < -0.39 is 0 Å². The minimum atomic E-state index is -0.239. The number of benzene rings is 1. The second kappa shape index (κ2) is 6.35. The normalized spacial score (nSPS) is 15.4. The molecule has 0 radical (unpaired) electrons. The van der Waals surface area contributed by atoms with Gasteiger partial charge in [0.15, 0.2) is 0 Å². The van der Waals surface area contributed by atoms with E-state index in [1.807, 2.05) is 6.92 Å². The molecule has 0 aromatic heterocycles. The van der Waals surface area contributed by atoms with E-state index >= 15 is 0 Å². The van der Waals surface area contributed by atoms with Crippen LogP contribution in [0.15, 0.2) is 24.3 Å². The van der Waals surface area contributed by atoms with E-state index in [1.54, 1.807) is 0 Å². The molecule has 0 amide bonds. The summed E-state index contributed by atoms with van der Waals surface area (Å²) in [5, 5.41) is 13.0. The molecule has 0 aliphatic heterocycles. The molecular formula is C16H27NO. The summed E-state index contributed by atoms with van der Waals surface area (Å²) >= 11 is 0. The fourth-order valence-corrected chi connectivity index (χ4v) is 2.27. The molecule has 2 heteroatoms. The lowest BCUT2D eigenvalue weighted by molar-refractivity contribution is 0.127. The minimum absolute atomic E-state index is 0.118. The van der Waals surface area contributed by atoms with Crippen LogP contribution in [0.5, 0.6) is 0 Å². The van der Waals surface area contributed by atoms with Crippen LogP contribution in [0.2, 0.25) is 0 Å². The van der Waals surface area contributed by atoms with Crippen LogP contribution in [-0.4, -0.2) is 17.8 Å². The van der Waals surface area contributed by atoms with Crippen LogP contribution in [0, 0.1) is 12.3 Å². The molecule has 1 aromatic rings. The maximum atomic E-state index is 9.47. The Morgan fingerprint density at radius 3 is 2.22 bits per heavy atom. The fraction of sp³-hybridized carbons (Fsp3) is 0.625. The van der Waals surface area contributed by atoms with Crippen molar-refractivity contribution < 1.29 is 5.11 Å². The van der Waals surface area contributed by atoms with Gasteiger partial charge < -0.3 is 10.4 Å². The maximum absolute atomic E-state index is 9.47. The topological polar surface area (TPSA) is 32.3 Å². The SMILES string of the molecule is Cc1ccc(C(C)NCC(C)(C)CC(C)O)cc1. The lowest BCUT2D eigenvalue weighted by Crippen LogP contribution is -2.33. The minimum Gasteiger partial charge on any atom is -0.393 e. The van der Waals surface area contributed by atoms with Crippen LogP contribution in [0.4, 0.5) is 0 Å². The Kier molecular flexibility index (Phi) is 5.36. The summed E-state index contributed by atoms with van der Waals surface area (Å²) in [6, 6.07) is 8.99. The van der Waals surface area contributed by atoms with Gasteiger partial charge >= 0.3 is 0 Å². The van der Waals surface area contributed by atoms with Gasteiger partial charge in [-0.1, -0.05) is 43.7 Å². The molecule has 2 unspecified atom stereocenters. The first kappa shape index (κ1) is 15.2. The molecule has 0 aliphatic rings. The number of aryl methyl sites for hydroxylation is 1. The van der Waals surface area contributed by atoms with Gasteiger partial charge in [0.1, 0.15) is 0 Å². The average molecular weight is 249 g/mol. The fourth-order valence-electron chi connectivity index (χ4n) is 2.27. The third-order valence-corrected chi connectivity index (χ3v) is 3.31. The van der Waals surface area contributed by atoms with Gasteiger partial charge in [-0.05, 0) is 38.2 Å². The van der Waals surface area contributed by atoms with Crippen LogP contribution >= 0.6 is 0 Å². The Balaban J connectivity index is 2.50. The highest BCUT2D eigenvalue weighted by Gasteiger charge is 2.20. The van der Waals surface area contributed by atoms with E-state index in [-0.39, 0.29) is 11.5 Å². The summed E-state index contributed by atoms with van der Waals surface area (Å²) in [7, 11) is 0. The van der Waals surface area contributed by atoms with Gasteiger partial charge in [-0.25, -0.2) is 0 Å². The predicted octanol–water partition coefficient (Wildman–Crippen LogP) is 3.44. The van der Waals surface area contributed by atoms with Crippen molar-refractivity contribution in [2.75, 3.05) is 6.54 Å². The molecule has 0 saturated carbocycles. The first-order chi connectivity index (χ1) is 8.30. The van der Waals surface area contributed by atoms with Crippen LogP contribution in [0.3, 0.4) is 0 Å². The average Bonchev–Trinajstić information content (AvgIpc) is 2.25. The summed E-state index contributed by atoms with van der Waals surface area (Å²) in [6.45, 7) is 11.4. The molecule has 0 saturated heterocycles. The third-order valence-electron chi connectivity index (χ3n) is 3.31. The zero-order valence-electron chi connectivity index (χ0n) is 12.3. The second-order valence-electron chi connectivity index (χ2n) is 6.23. The summed E-state index contributed by atoms with van der Waals surface area (Å²) in [6.07, 6.45) is 0.581. The van der Waals surface area contributed by atoms with Crippen LogP contribution < -0.4 is 5.32 Å². The molecule has 0 heterocycles. The molecule has 0 spiro atoms. The van der Waals surface area contributed by atoms with E-state index in [0.717, 1.165) is 13.0 Å². The molecular weight excluding hydrogens is 222 g/mol. The van der Waals surface area contributed by atoms with Crippen molar-refractivity contribution in [3.63, 3.8) is 0 Å². The van der Waals surface area contributed by atoms with E-state index in [0.29, 0.717) is 6.04 Å². The summed E-state index contributed by atoms with van der Waals surface area (Å²) < 4.78 is 0. The number of aliphatic hydroxyl groups excluding tert-OH is 1. The van der Waals surface area contributed by atoms with Gasteiger partial charge in [0.05, 0.1) is 6.10 Å². The highest BCUT2D eigenvalue weighted by molar-refractivity contribution is 5.23. The molecule has 0 fully saturated rings. The van der Waals surface area contributed by atoms with Crippen molar-refractivity contribution in [1.82, 2.24) is 5.32 Å². The molecule has 0 aliphatic carbocycles. The highest BCUT2D eigenvalue weighted by atomic mass is 16.3. The van der Waals surface area contributed by atoms with Gasteiger partial charge in [-0.2, -0.15) is 0 Å². The van der Waals surface area contributed by atoms with Crippen LogP contribution in [-0.2, 0) is 0 Å². The molecule has 1 rings (SSSR count). The van der Waals surface area contributed by atoms with Gasteiger partial charge in [-0.15, -0.1) is 0 Å². The first-order valence-electron chi connectivity index (χ1n) is 6.78. The third kappa shape index (κ3) is 5.19. The van der Waals surface area contributed by atoms with Crippen molar-refractivity contribution >= 4 is 0 Å². The van der Waals surface area contributed by atoms with Gasteiger partial charge in [0.25, 0.3) is 0 Å². The van der Waals surface area contributed by atoms with Crippen LogP contribution in [0.25, 0.3) is 0 Å². The molecule has 0 bridgehead atoms. The first-order valence-corrected chi connectivity index (χ1v) is 6.78. The Labute approximate surface area is 111 Å². The van der Waals surface area contributed by atoms with Gasteiger partial charge in [0, 0.05) is 12.6 Å². The van der Waals surface area contributed by atoms with E-state index in [4.69, 9.17) is 0 Å². The van der Waals surface area contributed by atoms with Gasteiger partial charge in [0.2, 0.25) is 0 Å². The predicted molar refractivity (Wildman–Crippen MR) is 77.7 cm³/mol. The molecule has 1 aromatic carbocycles.